The minimum Gasteiger partial charge on any atom is -0.475 e. The van der Waals surface area contributed by atoms with Crippen molar-refractivity contribution in [2.45, 2.75) is 57.0 Å². The van der Waals surface area contributed by atoms with Gasteiger partial charge < -0.3 is 20.0 Å². The zero-order valence-electron chi connectivity index (χ0n) is 24.0. The van der Waals surface area contributed by atoms with Crippen LogP contribution in [0.5, 0.6) is 0 Å². The van der Waals surface area contributed by atoms with Crippen LogP contribution in [0.4, 0.5) is 32.3 Å². The maximum Gasteiger partial charge on any atom is 0.490 e. The third-order valence-corrected chi connectivity index (χ3v) is 6.95. The van der Waals surface area contributed by atoms with Crippen LogP contribution in [0.15, 0.2) is 49.2 Å². The molecule has 5 heterocycles. The molecular formula is C27H29F6N7O5. The number of amides is 1. The number of carbonyl (C=O) groups excluding carboxylic acids is 1. The minimum absolute atomic E-state index is 0.0542. The first kappa shape index (κ1) is 34.7. The number of carbonyl (C=O) groups is 3. The summed E-state index contributed by atoms with van der Waals surface area (Å²) in [6, 6.07) is 5.70. The molecule has 2 aliphatic heterocycles. The first-order valence-corrected chi connectivity index (χ1v) is 13.3. The Morgan fingerprint density at radius 2 is 1.40 bits per heavy atom. The maximum atomic E-state index is 13.3. The number of piperidine rings is 1. The summed E-state index contributed by atoms with van der Waals surface area (Å²) in [7, 11) is 0. The summed E-state index contributed by atoms with van der Waals surface area (Å²) in [5.41, 5.74) is 2.85. The fourth-order valence-corrected chi connectivity index (χ4v) is 4.76. The average molecular weight is 646 g/mol. The van der Waals surface area contributed by atoms with Gasteiger partial charge in [-0.1, -0.05) is 0 Å². The number of rotatable bonds is 3. The number of carboxylic acid groups (broad SMARTS) is 2. The highest BCUT2D eigenvalue weighted by atomic mass is 19.4. The highest BCUT2D eigenvalue weighted by Crippen LogP contribution is 2.42. The van der Waals surface area contributed by atoms with E-state index in [1.54, 1.807) is 36.9 Å². The molecule has 2 N–H and O–H groups in total. The second-order valence-electron chi connectivity index (χ2n) is 10.4. The predicted octanol–water partition coefficient (Wildman–Crippen LogP) is 4.11. The van der Waals surface area contributed by atoms with E-state index in [4.69, 9.17) is 24.9 Å². The van der Waals surface area contributed by atoms with Crippen LogP contribution >= 0.6 is 0 Å². The summed E-state index contributed by atoms with van der Waals surface area (Å²) < 4.78 is 65.5. The second kappa shape index (κ2) is 13.9. The zero-order chi connectivity index (χ0) is 33.6. The molecule has 3 aromatic heterocycles. The van der Waals surface area contributed by atoms with Crippen LogP contribution in [-0.4, -0.2) is 89.7 Å². The Balaban J connectivity index is 0.000000331. The molecule has 1 amide bonds. The molecule has 18 heteroatoms. The van der Waals surface area contributed by atoms with Gasteiger partial charge in [-0.25, -0.2) is 19.6 Å². The van der Waals surface area contributed by atoms with Crippen LogP contribution in [0.1, 0.15) is 54.3 Å². The fourth-order valence-electron chi connectivity index (χ4n) is 4.76. The lowest BCUT2D eigenvalue weighted by Crippen LogP contribution is -2.53. The number of carboxylic acids is 2. The van der Waals surface area contributed by atoms with Gasteiger partial charge in [-0.15, -0.1) is 0 Å². The van der Waals surface area contributed by atoms with Gasteiger partial charge in [-0.3, -0.25) is 14.5 Å². The van der Waals surface area contributed by atoms with Gasteiger partial charge in [-0.05, 0) is 44.9 Å². The molecule has 0 aromatic carbocycles. The van der Waals surface area contributed by atoms with Gasteiger partial charge in [0.05, 0.1) is 5.69 Å². The Morgan fingerprint density at radius 1 is 0.889 bits per heavy atom. The number of nitrogens with zero attached hydrogens (tertiary/aromatic N) is 7. The molecule has 2 aliphatic rings. The molecule has 12 nitrogen and oxygen atoms in total. The van der Waals surface area contributed by atoms with E-state index in [1.807, 2.05) is 15.6 Å². The summed E-state index contributed by atoms with van der Waals surface area (Å²) in [5.74, 6) is -4.69. The lowest BCUT2D eigenvalue weighted by atomic mass is 9.72. The maximum absolute atomic E-state index is 13.3. The van der Waals surface area contributed by atoms with E-state index in [0.29, 0.717) is 18.7 Å². The van der Waals surface area contributed by atoms with Crippen LogP contribution < -0.4 is 4.90 Å². The van der Waals surface area contributed by atoms with Crippen molar-refractivity contribution in [3.8, 4) is 0 Å². The van der Waals surface area contributed by atoms with Crippen molar-refractivity contribution in [3.05, 3.63) is 66.0 Å². The van der Waals surface area contributed by atoms with Crippen LogP contribution in [0, 0.1) is 0 Å². The highest BCUT2D eigenvalue weighted by molar-refractivity contribution is 5.94. The van der Waals surface area contributed by atoms with Gasteiger partial charge in [0.25, 0.3) is 5.91 Å². The number of aliphatic carboxylic acids is 2. The molecule has 0 aliphatic carbocycles. The van der Waals surface area contributed by atoms with Crippen LogP contribution in [0.25, 0.3) is 0 Å². The van der Waals surface area contributed by atoms with Crippen molar-refractivity contribution in [2.75, 3.05) is 24.5 Å². The number of alkyl halides is 6. The number of pyridine rings is 1. The molecule has 45 heavy (non-hydrogen) atoms. The van der Waals surface area contributed by atoms with Crippen molar-refractivity contribution >= 4 is 23.8 Å². The van der Waals surface area contributed by atoms with E-state index < -0.39 is 24.3 Å². The van der Waals surface area contributed by atoms with Crippen LogP contribution in [-0.2, 0) is 21.5 Å². The molecule has 0 bridgehead atoms. The zero-order valence-corrected chi connectivity index (χ0v) is 24.0. The predicted molar refractivity (Wildman–Crippen MR) is 144 cm³/mol. The first-order chi connectivity index (χ1) is 20.9. The number of fused-ring (bicyclic) bond motifs is 2. The Kier molecular flexibility index (Phi) is 10.7. The van der Waals surface area contributed by atoms with Gasteiger partial charge in [-0.2, -0.15) is 31.4 Å². The van der Waals surface area contributed by atoms with Gasteiger partial charge in [0.15, 0.2) is 0 Å². The van der Waals surface area contributed by atoms with Gasteiger partial charge in [0.1, 0.15) is 0 Å². The van der Waals surface area contributed by atoms with E-state index in [2.05, 4.69) is 39.9 Å². The molecule has 3 aromatic rings. The van der Waals surface area contributed by atoms with E-state index in [-0.39, 0.29) is 17.4 Å². The van der Waals surface area contributed by atoms with Crippen molar-refractivity contribution in [1.29, 1.82) is 0 Å². The molecule has 0 radical (unpaired) electrons. The molecule has 0 unspecified atom stereocenters. The third kappa shape index (κ3) is 8.89. The molecule has 0 atom stereocenters. The molecular weight excluding hydrogens is 616 g/mol. The third-order valence-electron chi connectivity index (χ3n) is 6.95. The monoisotopic (exact) mass is 645 g/mol. The number of anilines is 1. The number of halogens is 6. The number of hydrogen-bond acceptors (Lipinski definition) is 8. The number of aromatic nitrogens is 5. The number of hydrogen-bond donors (Lipinski definition) is 2. The highest BCUT2D eigenvalue weighted by Gasteiger charge is 2.46. The lowest BCUT2D eigenvalue weighted by Gasteiger charge is -2.46. The van der Waals surface area contributed by atoms with Crippen LogP contribution in [0.2, 0.25) is 0 Å². The van der Waals surface area contributed by atoms with Crippen LogP contribution in [0.3, 0.4) is 0 Å². The Labute approximate surface area is 252 Å². The summed E-state index contributed by atoms with van der Waals surface area (Å²) in [6.45, 7) is 7.24. The quantitative estimate of drug-likeness (QED) is 0.398. The topological polar surface area (TPSA) is 155 Å². The second-order valence-corrected chi connectivity index (χ2v) is 10.4. The SMILES string of the molecule is CC(C)n1cc2c(n1)C1(CCN(c3ncccn3)CC1)CN(C(=O)c1ccncc1)C2.O=C(O)C(F)(F)F.O=C(O)C(F)(F)F. The standard InChI is InChI=1S/C23H27N7O.2C2HF3O2/c1-17(2)30-15-19-14-29(21(31)18-4-10-24-11-5-18)16-23(20(19)27-30)6-12-28(13-7-23)22-25-8-3-9-26-22;2*3-2(4,5)1(6)7/h3-5,8-11,15,17H,6-7,12-14,16H2,1-2H3;2*(H,6,7). The summed E-state index contributed by atoms with van der Waals surface area (Å²) in [4.78, 5) is 48.2. The lowest BCUT2D eigenvalue weighted by molar-refractivity contribution is -0.193. The first-order valence-electron chi connectivity index (χ1n) is 13.3. The van der Waals surface area contributed by atoms with Crippen molar-refractivity contribution in [2.24, 2.45) is 0 Å². The van der Waals surface area contributed by atoms with Gasteiger partial charge >= 0.3 is 24.3 Å². The van der Waals surface area contributed by atoms with Gasteiger partial charge in [0.2, 0.25) is 5.95 Å². The van der Waals surface area contributed by atoms with E-state index in [1.165, 1.54) is 0 Å². The van der Waals surface area contributed by atoms with Crippen molar-refractivity contribution < 1.29 is 50.9 Å². The van der Waals surface area contributed by atoms with E-state index in [0.717, 1.165) is 43.1 Å². The molecule has 1 spiro atoms. The molecule has 1 saturated heterocycles. The summed E-state index contributed by atoms with van der Waals surface area (Å²) in [5, 5.41) is 19.3. The largest absolute Gasteiger partial charge is 0.490 e. The summed E-state index contributed by atoms with van der Waals surface area (Å²) in [6.07, 6.45) is 0.693. The Morgan fingerprint density at radius 3 is 1.87 bits per heavy atom. The smallest absolute Gasteiger partial charge is 0.475 e. The van der Waals surface area contributed by atoms with E-state index in [9.17, 15) is 31.1 Å². The summed E-state index contributed by atoms with van der Waals surface area (Å²) >= 11 is 0. The minimum atomic E-state index is -5.08. The van der Waals surface area contributed by atoms with E-state index >= 15 is 0 Å². The normalized spacial score (nSPS) is 15.8. The average Bonchev–Trinajstić information content (AvgIpc) is 3.44. The van der Waals surface area contributed by atoms with Gasteiger partial charge in [0, 0.05) is 79.7 Å². The molecule has 0 saturated carbocycles. The van der Waals surface area contributed by atoms with Crippen molar-refractivity contribution in [1.82, 2.24) is 29.6 Å². The Hall–Kier alpha value is -4.77. The molecule has 5 rings (SSSR count). The molecule has 1 fully saturated rings. The Bertz CT molecular complexity index is 1430. The fraction of sp³-hybridized carbons (Fsp3) is 0.444. The van der Waals surface area contributed by atoms with Crippen molar-refractivity contribution in [3.63, 3.8) is 0 Å². The molecule has 244 valence electrons.